The Bertz CT molecular complexity index is 548. The van der Waals surface area contributed by atoms with Crippen molar-refractivity contribution in [1.29, 1.82) is 0 Å². The lowest BCUT2D eigenvalue weighted by atomic mass is 9.96. The summed E-state index contributed by atoms with van der Waals surface area (Å²) in [5.74, 6) is -0.227. The van der Waals surface area contributed by atoms with E-state index in [1.807, 2.05) is 0 Å². The standard InChI is InChI=1S/C13H16ClN3O3/c14-10-6-8(3-4-11(10)18)13(19)17-5-1-2-9(7-17)12(15)16-20/h3-4,6,9,18,20H,1-2,5,7H2,(H2,15,16). The maximum absolute atomic E-state index is 12.4. The van der Waals surface area contributed by atoms with E-state index in [2.05, 4.69) is 5.16 Å². The van der Waals surface area contributed by atoms with Crippen LogP contribution >= 0.6 is 11.6 Å². The molecule has 1 atom stereocenters. The second kappa shape index (κ2) is 6.00. The highest BCUT2D eigenvalue weighted by Gasteiger charge is 2.27. The third kappa shape index (κ3) is 2.96. The second-order valence-corrected chi connectivity index (χ2v) is 5.19. The summed E-state index contributed by atoms with van der Waals surface area (Å²) in [6, 6.07) is 4.35. The smallest absolute Gasteiger partial charge is 0.253 e. The summed E-state index contributed by atoms with van der Waals surface area (Å²) in [6.07, 6.45) is 1.58. The van der Waals surface area contributed by atoms with Crippen molar-refractivity contribution < 1.29 is 15.1 Å². The molecular formula is C13H16ClN3O3. The normalized spacial score (nSPS) is 19.9. The van der Waals surface area contributed by atoms with E-state index in [4.69, 9.17) is 22.5 Å². The zero-order chi connectivity index (χ0) is 14.7. The van der Waals surface area contributed by atoms with Crippen LogP contribution in [0.5, 0.6) is 5.75 Å². The number of aromatic hydroxyl groups is 1. The van der Waals surface area contributed by atoms with Gasteiger partial charge in [-0.2, -0.15) is 0 Å². The van der Waals surface area contributed by atoms with E-state index in [0.29, 0.717) is 18.7 Å². The Balaban J connectivity index is 2.14. The number of amides is 1. The highest BCUT2D eigenvalue weighted by molar-refractivity contribution is 6.32. The number of likely N-dealkylation sites (tertiary alicyclic amines) is 1. The fourth-order valence-corrected chi connectivity index (χ4v) is 2.49. The topological polar surface area (TPSA) is 99.2 Å². The SMILES string of the molecule is NC(=NO)C1CCCN(C(=O)c2ccc(O)c(Cl)c2)C1. The Kier molecular flexibility index (Phi) is 4.34. The number of oxime groups is 1. The van der Waals surface area contributed by atoms with Crippen molar-refractivity contribution in [2.75, 3.05) is 13.1 Å². The van der Waals surface area contributed by atoms with Gasteiger partial charge in [0.05, 0.1) is 5.02 Å². The van der Waals surface area contributed by atoms with Crippen molar-refractivity contribution in [3.63, 3.8) is 0 Å². The number of halogens is 1. The fraction of sp³-hybridized carbons (Fsp3) is 0.385. The molecule has 2 rings (SSSR count). The van der Waals surface area contributed by atoms with E-state index in [9.17, 15) is 9.90 Å². The summed E-state index contributed by atoms with van der Waals surface area (Å²) in [7, 11) is 0. The van der Waals surface area contributed by atoms with Crippen molar-refractivity contribution in [3.05, 3.63) is 28.8 Å². The number of amidine groups is 1. The zero-order valence-electron chi connectivity index (χ0n) is 10.8. The molecule has 1 heterocycles. The maximum Gasteiger partial charge on any atom is 0.253 e. The third-order valence-corrected chi connectivity index (χ3v) is 3.74. The molecule has 6 nitrogen and oxygen atoms in total. The van der Waals surface area contributed by atoms with E-state index in [-0.39, 0.29) is 28.4 Å². The minimum atomic E-state index is -0.178. The van der Waals surface area contributed by atoms with Crippen LogP contribution in [0.1, 0.15) is 23.2 Å². The van der Waals surface area contributed by atoms with E-state index < -0.39 is 0 Å². The van der Waals surface area contributed by atoms with Crippen LogP contribution in [0.4, 0.5) is 0 Å². The third-order valence-electron chi connectivity index (χ3n) is 3.44. The average Bonchev–Trinajstić information content (AvgIpc) is 2.48. The molecule has 0 radical (unpaired) electrons. The first-order chi connectivity index (χ1) is 9.52. The monoisotopic (exact) mass is 297 g/mol. The molecule has 7 heteroatoms. The number of piperidine rings is 1. The van der Waals surface area contributed by atoms with Crippen LogP contribution in [0, 0.1) is 5.92 Å². The van der Waals surface area contributed by atoms with Crippen LogP contribution in [0.2, 0.25) is 5.02 Å². The van der Waals surface area contributed by atoms with Crippen molar-refractivity contribution in [2.45, 2.75) is 12.8 Å². The first-order valence-corrected chi connectivity index (χ1v) is 6.66. The van der Waals surface area contributed by atoms with E-state index >= 15 is 0 Å². The van der Waals surface area contributed by atoms with E-state index in [1.165, 1.54) is 18.2 Å². The van der Waals surface area contributed by atoms with Crippen LogP contribution in [-0.4, -0.2) is 40.0 Å². The van der Waals surface area contributed by atoms with Gasteiger partial charge in [0.2, 0.25) is 0 Å². The van der Waals surface area contributed by atoms with Crippen LogP contribution < -0.4 is 5.73 Å². The lowest BCUT2D eigenvalue weighted by Gasteiger charge is -2.32. The minimum Gasteiger partial charge on any atom is -0.506 e. The van der Waals surface area contributed by atoms with Gasteiger partial charge in [-0.25, -0.2) is 0 Å². The van der Waals surface area contributed by atoms with Crippen LogP contribution in [0.3, 0.4) is 0 Å². The first-order valence-electron chi connectivity index (χ1n) is 6.28. The molecule has 0 aromatic heterocycles. The van der Waals surface area contributed by atoms with Crippen LogP contribution in [0.15, 0.2) is 23.4 Å². The molecule has 4 N–H and O–H groups in total. The summed E-state index contributed by atoms with van der Waals surface area (Å²) >= 11 is 5.81. The van der Waals surface area contributed by atoms with Gasteiger partial charge in [0.25, 0.3) is 5.91 Å². The summed E-state index contributed by atoms with van der Waals surface area (Å²) in [5.41, 5.74) is 6.01. The van der Waals surface area contributed by atoms with Crippen LogP contribution in [0.25, 0.3) is 0 Å². The van der Waals surface area contributed by atoms with Gasteiger partial charge in [-0.05, 0) is 31.0 Å². The maximum atomic E-state index is 12.4. The molecular weight excluding hydrogens is 282 g/mol. The summed E-state index contributed by atoms with van der Waals surface area (Å²) in [4.78, 5) is 14.0. The Hall–Kier alpha value is -1.95. The molecule has 108 valence electrons. The molecule has 0 aliphatic carbocycles. The van der Waals surface area contributed by atoms with Gasteiger partial charge in [-0.1, -0.05) is 16.8 Å². The predicted molar refractivity (Wildman–Crippen MR) is 75.2 cm³/mol. The molecule has 1 amide bonds. The number of carbonyl (C=O) groups excluding carboxylic acids is 1. The number of carbonyl (C=O) groups is 1. The Labute approximate surface area is 121 Å². The van der Waals surface area contributed by atoms with Gasteiger partial charge >= 0.3 is 0 Å². The number of rotatable bonds is 2. The highest BCUT2D eigenvalue weighted by Crippen LogP contribution is 2.25. The molecule has 20 heavy (non-hydrogen) atoms. The van der Waals surface area contributed by atoms with Gasteiger partial charge in [-0.15, -0.1) is 0 Å². The fourth-order valence-electron chi connectivity index (χ4n) is 2.31. The minimum absolute atomic E-state index is 0.0589. The number of nitrogens with two attached hydrogens (primary N) is 1. The Morgan fingerprint density at radius 1 is 1.50 bits per heavy atom. The molecule has 1 aliphatic rings. The molecule has 1 unspecified atom stereocenters. The van der Waals surface area contributed by atoms with Gasteiger partial charge < -0.3 is 20.9 Å². The summed E-state index contributed by atoms with van der Waals surface area (Å²) in [5, 5.41) is 21.2. The number of nitrogens with zero attached hydrogens (tertiary/aromatic N) is 2. The molecule has 1 aromatic carbocycles. The molecule has 0 spiro atoms. The van der Waals surface area contributed by atoms with Crippen molar-refractivity contribution in [2.24, 2.45) is 16.8 Å². The quantitative estimate of drug-likeness (QED) is 0.334. The Morgan fingerprint density at radius 3 is 2.90 bits per heavy atom. The van der Waals surface area contributed by atoms with E-state index in [0.717, 1.165) is 12.8 Å². The molecule has 1 saturated heterocycles. The number of hydrogen-bond donors (Lipinski definition) is 3. The molecule has 1 aromatic rings. The largest absolute Gasteiger partial charge is 0.506 e. The van der Waals surface area contributed by atoms with Gasteiger partial charge in [-0.3, -0.25) is 4.79 Å². The molecule has 0 saturated carbocycles. The average molecular weight is 298 g/mol. The van der Waals surface area contributed by atoms with Gasteiger partial charge in [0, 0.05) is 24.6 Å². The number of hydrogen-bond acceptors (Lipinski definition) is 4. The number of benzene rings is 1. The lowest BCUT2D eigenvalue weighted by Crippen LogP contribution is -2.44. The Morgan fingerprint density at radius 2 is 2.25 bits per heavy atom. The lowest BCUT2D eigenvalue weighted by molar-refractivity contribution is 0.0701. The van der Waals surface area contributed by atoms with Crippen molar-refractivity contribution in [1.82, 2.24) is 4.90 Å². The summed E-state index contributed by atoms with van der Waals surface area (Å²) in [6.45, 7) is 1.03. The second-order valence-electron chi connectivity index (χ2n) is 4.78. The molecule has 1 aliphatic heterocycles. The zero-order valence-corrected chi connectivity index (χ0v) is 11.5. The predicted octanol–water partition coefficient (Wildman–Crippen LogP) is 1.64. The summed E-state index contributed by atoms with van der Waals surface area (Å²) < 4.78 is 0. The van der Waals surface area contributed by atoms with Crippen molar-refractivity contribution in [3.8, 4) is 5.75 Å². The van der Waals surface area contributed by atoms with Crippen molar-refractivity contribution >= 4 is 23.3 Å². The molecule has 0 bridgehead atoms. The van der Waals surface area contributed by atoms with Crippen LogP contribution in [-0.2, 0) is 0 Å². The van der Waals surface area contributed by atoms with Gasteiger partial charge in [0.15, 0.2) is 0 Å². The number of phenols is 1. The van der Waals surface area contributed by atoms with Gasteiger partial charge in [0.1, 0.15) is 11.6 Å². The molecule has 1 fully saturated rings. The number of phenolic OH excluding ortho intramolecular Hbond substituents is 1. The highest BCUT2D eigenvalue weighted by atomic mass is 35.5. The first kappa shape index (κ1) is 14.5. The van der Waals surface area contributed by atoms with E-state index in [1.54, 1.807) is 4.90 Å².